The van der Waals surface area contributed by atoms with Crippen LogP contribution >= 0.6 is 0 Å². The number of benzene rings is 1. The first kappa shape index (κ1) is 31.1. The van der Waals surface area contributed by atoms with Crippen LogP contribution in [0.1, 0.15) is 69.8 Å². The van der Waals surface area contributed by atoms with Crippen molar-refractivity contribution in [2.45, 2.75) is 71.4 Å². The van der Waals surface area contributed by atoms with Crippen LogP contribution in [-0.2, 0) is 19.1 Å². The van der Waals surface area contributed by atoms with Gasteiger partial charge in [0.1, 0.15) is 5.75 Å². The number of hydrogen-bond donors (Lipinski definition) is 3. The first-order chi connectivity index (χ1) is 20.1. The first-order valence-electron chi connectivity index (χ1n) is 14.8. The zero-order valence-corrected chi connectivity index (χ0v) is 24.9. The van der Waals surface area contributed by atoms with Crippen LogP contribution in [0.2, 0.25) is 0 Å². The van der Waals surface area contributed by atoms with Gasteiger partial charge in [0.05, 0.1) is 18.8 Å². The zero-order chi connectivity index (χ0) is 30.4. The summed E-state index contributed by atoms with van der Waals surface area (Å²) in [6, 6.07) is 6.21. The standard InChI is InChI=1S/C31H42N4O7/c1-18(2)13-21(15-26(36)25-16-22-23(33-25)8-5-9-28(22)41-4)30(39)34-24(14-20-10-11-32-29(20)38)27(37)17-42-31(40)35-12-6-7-19(35)3/h5,8-9,16,18-21,24,33H,6-7,10-15,17H2,1-4H3,(H,32,38)(H,34,39)/t19?,20-,21+,24-/m0/s1. The van der Waals surface area contributed by atoms with E-state index in [9.17, 15) is 24.0 Å². The number of carbonyl (C=O) groups is 5. The summed E-state index contributed by atoms with van der Waals surface area (Å²) in [4.78, 5) is 69.8. The summed E-state index contributed by atoms with van der Waals surface area (Å²) in [5.74, 6) is -1.74. The van der Waals surface area contributed by atoms with Crippen molar-refractivity contribution >= 4 is 40.4 Å². The maximum absolute atomic E-state index is 13.6. The fraction of sp³-hybridized carbons (Fsp3) is 0.581. The molecule has 11 heteroatoms. The maximum atomic E-state index is 13.6. The molecule has 3 N–H and O–H groups in total. The number of amides is 3. The molecule has 0 saturated carbocycles. The van der Waals surface area contributed by atoms with E-state index in [2.05, 4.69) is 15.6 Å². The predicted molar refractivity (Wildman–Crippen MR) is 156 cm³/mol. The van der Waals surface area contributed by atoms with Crippen LogP contribution < -0.4 is 15.4 Å². The Morgan fingerprint density at radius 3 is 2.60 bits per heavy atom. The van der Waals surface area contributed by atoms with Gasteiger partial charge in [0.2, 0.25) is 11.8 Å². The lowest BCUT2D eigenvalue weighted by Crippen LogP contribution is -2.47. The molecule has 4 atom stereocenters. The number of methoxy groups -OCH3 is 1. The van der Waals surface area contributed by atoms with Crippen molar-refractivity contribution in [2.75, 3.05) is 26.8 Å². The van der Waals surface area contributed by atoms with Crippen LogP contribution in [0.3, 0.4) is 0 Å². The van der Waals surface area contributed by atoms with Crippen LogP contribution in [0.15, 0.2) is 24.3 Å². The van der Waals surface area contributed by atoms with E-state index in [4.69, 9.17) is 9.47 Å². The van der Waals surface area contributed by atoms with Crippen LogP contribution in [-0.4, -0.2) is 78.2 Å². The number of fused-ring (bicyclic) bond motifs is 1. The van der Waals surface area contributed by atoms with Crippen LogP contribution in [0.5, 0.6) is 5.75 Å². The summed E-state index contributed by atoms with van der Waals surface area (Å²) in [5, 5.41) is 6.35. The minimum atomic E-state index is -1.03. The number of aromatic nitrogens is 1. The molecule has 0 aliphatic carbocycles. The zero-order valence-electron chi connectivity index (χ0n) is 24.9. The Kier molecular flexibility index (Phi) is 10.2. The molecule has 228 valence electrons. The molecule has 3 heterocycles. The maximum Gasteiger partial charge on any atom is 0.410 e. The summed E-state index contributed by atoms with van der Waals surface area (Å²) < 4.78 is 10.7. The Morgan fingerprint density at radius 1 is 1.17 bits per heavy atom. The van der Waals surface area contributed by atoms with Crippen LogP contribution in [0.4, 0.5) is 4.79 Å². The number of hydrogen-bond acceptors (Lipinski definition) is 7. The van der Waals surface area contributed by atoms with E-state index in [-0.39, 0.29) is 36.5 Å². The molecule has 0 radical (unpaired) electrons. The van der Waals surface area contributed by atoms with Gasteiger partial charge in [0, 0.05) is 48.3 Å². The van der Waals surface area contributed by atoms with Crippen molar-refractivity contribution in [2.24, 2.45) is 17.8 Å². The molecule has 11 nitrogen and oxygen atoms in total. The second-order valence-electron chi connectivity index (χ2n) is 11.8. The summed E-state index contributed by atoms with van der Waals surface area (Å²) in [7, 11) is 1.56. The fourth-order valence-corrected chi connectivity index (χ4v) is 5.88. The number of nitrogens with one attached hydrogen (secondary N) is 3. The molecule has 1 unspecified atom stereocenters. The van der Waals surface area contributed by atoms with E-state index in [1.54, 1.807) is 18.1 Å². The number of Topliss-reactive ketones (excluding diaryl/α,β-unsaturated/α-hetero) is 2. The van der Waals surface area contributed by atoms with E-state index < -0.39 is 42.3 Å². The van der Waals surface area contributed by atoms with E-state index >= 15 is 0 Å². The van der Waals surface area contributed by atoms with Crippen molar-refractivity contribution < 1.29 is 33.4 Å². The van der Waals surface area contributed by atoms with Gasteiger partial charge in [-0.25, -0.2) is 4.79 Å². The number of rotatable bonds is 13. The van der Waals surface area contributed by atoms with Crippen molar-refractivity contribution in [1.82, 2.24) is 20.5 Å². The third-order valence-corrected chi connectivity index (χ3v) is 8.22. The van der Waals surface area contributed by atoms with Gasteiger partial charge in [-0.1, -0.05) is 19.9 Å². The summed E-state index contributed by atoms with van der Waals surface area (Å²) in [5.41, 5.74) is 1.12. The smallest absolute Gasteiger partial charge is 0.410 e. The summed E-state index contributed by atoms with van der Waals surface area (Å²) in [6.45, 7) is 6.42. The van der Waals surface area contributed by atoms with Gasteiger partial charge in [0.15, 0.2) is 18.2 Å². The second kappa shape index (κ2) is 13.8. The second-order valence-corrected chi connectivity index (χ2v) is 11.8. The lowest BCUT2D eigenvalue weighted by Gasteiger charge is -2.25. The van der Waals surface area contributed by atoms with Gasteiger partial charge in [-0.05, 0) is 63.1 Å². The number of nitrogens with zero attached hydrogens (tertiary/aromatic N) is 1. The third-order valence-electron chi connectivity index (χ3n) is 8.22. The molecule has 2 saturated heterocycles. The Balaban J connectivity index is 1.47. The van der Waals surface area contributed by atoms with E-state index in [0.717, 1.165) is 23.7 Å². The van der Waals surface area contributed by atoms with Crippen LogP contribution in [0.25, 0.3) is 10.9 Å². The molecule has 3 amide bonds. The Bertz CT molecular complexity index is 1320. The molecule has 2 aliphatic heterocycles. The van der Waals surface area contributed by atoms with E-state index in [0.29, 0.717) is 37.4 Å². The van der Waals surface area contributed by atoms with Crippen molar-refractivity contribution in [3.05, 3.63) is 30.0 Å². The minimum Gasteiger partial charge on any atom is -0.496 e. The monoisotopic (exact) mass is 582 g/mol. The van der Waals surface area contributed by atoms with E-state index in [1.165, 1.54) is 0 Å². The Morgan fingerprint density at radius 2 is 1.95 bits per heavy atom. The topological polar surface area (TPSA) is 147 Å². The van der Waals surface area contributed by atoms with Crippen molar-refractivity contribution in [1.29, 1.82) is 0 Å². The number of likely N-dealkylation sites (tertiary alicyclic amines) is 1. The highest BCUT2D eigenvalue weighted by Gasteiger charge is 2.35. The molecule has 1 aromatic carbocycles. The molecule has 4 rings (SSSR count). The molecule has 0 spiro atoms. The highest BCUT2D eigenvalue weighted by Crippen LogP contribution is 2.28. The summed E-state index contributed by atoms with van der Waals surface area (Å²) in [6.07, 6.45) is 2.19. The SMILES string of the molecule is COc1cccc2[nH]c(C(=O)C[C@@H](CC(C)C)C(=O)N[C@@H](C[C@@H]3CCNC3=O)C(=O)COC(=O)N3CCCC3C)cc12. The largest absolute Gasteiger partial charge is 0.496 e. The van der Waals surface area contributed by atoms with Gasteiger partial charge >= 0.3 is 6.09 Å². The van der Waals surface area contributed by atoms with Gasteiger partial charge in [-0.15, -0.1) is 0 Å². The number of ether oxygens (including phenoxy) is 2. The lowest BCUT2D eigenvalue weighted by atomic mass is 9.89. The predicted octanol–water partition coefficient (Wildman–Crippen LogP) is 3.61. The van der Waals surface area contributed by atoms with Gasteiger partial charge in [0.25, 0.3) is 0 Å². The van der Waals surface area contributed by atoms with Gasteiger partial charge < -0.3 is 30.0 Å². The molecule has 1 aromatic heterocycles. The number of carbonyl (C=O) groups excluding carboxylic acids is 5. The van der Waals surface area contributed by atoms with E-state index in [1.807, 2.05) is 39.0 Å². The molecule has 2 aromatic rings. The first-order valence-corrected chi connectivity index (χ1v) is 14.8. The molecular weight excluding hydrogens is 540 g/mol. The highest BCUT2D eigenvalue weighted by atomic mass is 16.6. The van der Waals surface area contributed by atoms with Crippen molar-refractivity contribution in [3.63, 3.8) is 0 Å². The highest BCUT2D eigenvalue weighted by molar-refractivity contribution is 6.02. The van der Waals surface area contributed by atoms with Gasteiger partial charge in [-0.2, -0.15) is 0 Å². The third kappa shape index (κ3) is 7.49. The van der Waals surface area contributed by atoms with Crippen molar-refractivity contribution in [3.8, 4) is 5.75 Å². The molecular formula is C31H42N4O7. The molecule has 2 aliphatic rings. The quantitative estimate of drug-likeness (QED) is 0.306. The minimum absolute atomic E-state index is 0.0398. The summed E-state index contributed by atoms with van der Waals surface area (Å²) >= 11 is 0. The normalized spacial score (nSPS) is 19.9. The molecule has 0 bridgehead atoms. The molecule has 42 heavy (non-hydrogen) atoms. The average Bonchev–Trinajstić information content (AvgIpc) is 3.70. The number of aromatic amines is 1. The average molecular weight is 583 g/mol. The number of H-pyrrole nitrogens is 1. The lowest BCUT2D eigenvalue weighted by molar-refractivity contribution is -0.133. The van der Waals surface area contributed by atoms with Gasteiger partial charge in [-0.3, -0.25) is 19.2 Å². The Hall–Kier alpha value is -3.89. The molecule has 2 fully saturated rings. The fourth-order valence-electron chi connectivity index (χ4n) is 5.88. The van der Waals surface area contributed by atoms with Crippen LogP contribution in [0, 0.1) is 17.8 Å². The Labute approximate surface area is 246 Å². The number of ketones is 2.